The molecule has 0 aromatic carbocycles. The molecule has 0 aliphatic heterocycles. The van der Waals surface area contributed by atoms with E-state index in [0.29, 0.717) is 0 Å². The maximum Gasteiger partial charge on any atom is 1.00 e. The van der Waals surface area contributed by atoms with Crippen LogP contribution in [0, 0.1) is 6.92 Å². The van der Waals surface area contributed by atoms with Crippen LogP contribution in [0.2, 0.25) is 0 Å². The molecule has 0 aromatic rings. The Balaban J connectivity index is -0.00000000500. The molecule has 0 N–H and O–H groups in total. The van der Waals surface area contributed by atoms with Crippen molar-refractivity contribution in [2.45, 2.75) is 6.92 Å². The fourth-order valence-corrected chi connectivity index (χ4v) is 0. The molecule has 0 bridgehead atoms. The molecule has 0 atom stereocenters. The minimum absolute atomic E-state index is 0. The van der Waals surface area contributed by atoms with Gasteiger partial charge in [0, 0.05) is 0 Å². The Morgan fingerprint density at radius 1 is 1.25 bits per heavy atom. The van der Waals surface area contributed by atoms with E-state index in [2.05, 4.69) is 6.92 Å². The van der Waals surface area contributed by atoms with Gasteiger partial charge in [0.25, 0.3) is 0 Å². The maximum atomic E-state index is 3.25. The first-order valence-corrected chi connectivity index (χ1v) is 0.707. The molecule has 0 unspecified atom stereocenters. The van der Waals surface area contributed by atoms with Gasteiger partial charge < -0.3 is 6.92 Å². The van der Waals surface area contributed by atoms with Gasteiger partial charge in [0.2, 0.25) is 0 Å². The summed E-state index contributed by atoms with van der Waals surface area (Å²) in [6.07, 6.45) is 0. The average molecular weight is 265 g/mol. The third kappa shape index (κ3) is 9.80. The molecule has 0 rings (SSSR count). The van der Waals surface area contributed by atoms with Crippen LogP contribution in [0.1, 0.15) is 6.92 Å². The van der Waals surface area contributed by atoms with E-state index in [0.717, 1.165) is 0 Å². The van der Waals surface area contributed by atoms with Gasteiger partial charge in [0.05, 0.1) is 0 Å². The van der Waals surface area contributed by atoms with E-state index in [1.54, 1.807) is 6.92 Å². The quantitative estimate of drug-likeness (QED) is 0.353. The van der Waals surface area contributed by atoms with Crippen molar-refractivity contribution in [1.82, 2.24) is 0 Å². The number of rotatable bonds is 0. The van der Waals surface area contributed by atoms with Crippen molar-refractivity contribution in [2.24, 2.45) is 0 Å². The van der Waals surface area contributed by atoms with Crippen molar-refractivity contribution in [3.8, 4) is 0 Å². The van der Waals surface area contributed by atoms with E-state index in [1.807, 2.05) is 0 Å². The van der Waals surface area contributed by atoms with Crippen molar-refractivity contribution >= 4 is 24.0 Å². The summed E-state index contributed by atoms with van der Waals surface area (Å²) in [5.41, 5.74) is 0. The normalized spacial score (nSPS) is 1.50. The summed E-state index contributed by atoms with van der Waals surface area (Å²) in [7, 11) is 0. The third-order valence-corrected chi connectivity index (χ3v) is 0. The first-order valence-electron chi connectivity index (χ1n) is 0.707. The Morgan fingerprint density at radius 3 is 1.25 bits per heavy atom. The third-order valence-electron chi connectivity index (χ3n) is 0. The fourth-order valence-electron chi connectivity index (χ4n) is 0. The molecule has 0 saturated carbocycles. The van der Waals surface area contributed by atoms with Gasteiger partial charge in [-0.25, -0.2) is 0 Å². The van der Waals surface area contributed by atoms with Crippen molar-refractivity contribution in [3.05, 3.63) is 6.92 Å². The zero-order valence-electron chi connectivity index (χ0n) is 2.42. The molecule has 0 amide bonds. The van der Waals surface area contributed by atoms with Crippen LogP contribution in [-0.4, -0.2) is 0 Å². The van der Waals surface area contributed by atoms with Crippen LogP contribution in [0.5, 0.6) is 0 Å². The second-order valence-corrected chi connectivity index (χ2v) is 0. The molecule has 32 valence electrons. The van der Waals surface area contributed by atoms with Crippen molar-refractivity contribution in [3.63, 3.8) is 0 Å². The van der Waals surface area contributed by atoms with E-state index in [1.165, 1.54) is 0 Å². The van der Waals surface area contributed by atoms with E-state index in [-0.39, 0.29) is 46.4 Å². The average Bonchev–Trinajstić information content (AvgIpc) is 1.00. The molecule has 0 aliphatic carbocycles. The Kier molecular flexibility index (Phi) is 112. The SMILES string of the molecule is I.[Ag+].[CH2-]C. The topological polar surface area (TPSA) is 0 Å². The monoisotopic (exact) mass is 264 g/mol. The first kappa shape index (κ1) is 17.9. The van der Waals surface area contributed by atoms with Crippen LogP contribution in [0.4, 0.5) is 0 Å². The van der Waals surface area contributed by atoms with Gasteiger partial charge in [-0.3, -0.25) is 0 Å². The minimum Gasteiger partial charge on any atom is -0.346 e. The van der Waals surface area contributed by atoms with Crippen LogP contribution >= 0.6 is 24.0 Å². The zero-order chi connectivity index (χ0) is 2.00. The van der Waals surface area contributed by atoms with Gasteiger partial charge in [-0.05, 0) is 0 Å². The molecular formula is C2H6AgI. The molecule has 4 heavy (non-hydrogen) atoms. The van der Waals surface area contributed by atoms with Gasteiger partial charge in [0.1, 0.15) is 0 Å². The van der Waals surface area contributed by atoms with E-state index >= 15 is 0 Å². The Labute approximate surface area is 59.9 Å². The number of hydrogen-bond donors (Lipinski definition) is 0. The van der Waals surface area contributed by atoms with Crippen molar-refractivity contribution in [1.29, 1.82) is 0 Å². The summed E-state index contributed by atoms with van der Waals surface area (Å²) in [6, 6.07) is 0. The summed E-state index contributed by atoms with van der Waals surface area (Å²) >= 11 is 0. The molecule has 2 heteroatoms. The van der Waals surface area contributed by atoms with Gasteiger partial charge in [-0.2, -0.15) is 6.92 Å². The van der Waals surface area contributed by atoms with Crippen LogP contribution in [0.25, 0.3) is 0 Å². The van der Waals surface area contributed by atoms with E-state index < -0.39 is 0 Å². The molecule has 0 radical (unpaired) electrons. The largest absolute Gasteiger partial charge is 1.00 e. The molecular weight excluding hydrogens is 259 g/mol. The number of hydrogen-bond acceptors (Lipinski definition) is 0. The predicted molar refractivity (Wildman–Crippen MR) is 26.4 cm³/mol. The number of halogens is 1. The molecule has 0 aromatic heterocycles. The molecule has 0 nitrogen and oxygen atoms in total. The predicted octanol–water partition coefficient (Wildman–Crippen LogP) is 1.46. The first-order chi connectivity index (χ1) is 1.00. The van der Waals surface area contributed by atoms with Crippen LogP contribution in [-0.2, 0) is 22.4 Å². The van der Waals surface area contributed by atoms with Crippen LogP contribution in [0.3, 0.4) is 0 Å². The van der Waals surface area contributed by atoms with Gasteiger partial charge in [-0.15, -0.1) is 24.0 Å². The van der Waals surface area contributed by atoms with Gasteiger partial charge in [0.15, 0.2) is 0 Å². The Bertz CT molecular complexity index is 6.00. The Morgan fingerprint density at radius 2 is 1.25 bits per heavy atom. The fraction of sp³-hybridized carbons (Fsp3) is 0.500. The summed E-state index contributed by atoms with van der Waals surface area (Å²) in [4.78, 5) is 0. The minimum atomic E-state index is 0. The zero-order valence-corrected chi connectivity index (χ0v) is 6.23. The standard InChI is InChI=1S/C2H5.Ag.HI/c1-2;;/h1H2,2H3;;1H/q-1;+1;. The smallest absolute Gasteiger partial charge is 0.346 e. The summed E-state index contributed by atoms with van der Waals surface area (Å²) in [5, 5.41) is 0. The van der Waals surface area contributed by atoms with Gasteiger partial charge in [-0.1, -0.05) is 0 Å². The van der Waals surface area contributed by atoms with Crippen LogP contribution < -0.4 is 0 Å². The summed E-state index contributed by atoms with van der Waals surface area (Å²) < 4.78 is 0. The van der Waals surface area contributed by atoms with Crippen LogP contribution in [0.15, 0.2) is 0 Å². The van der Waals surface area contributed by atoms with E-state index in [4.69, 9.17) is 0 Å². The molecule has 0 fully saturated rings. The molecule has 0 spiro atoms. The Hall–Kier alpha value is 1.47. The molecule has 0 aliphatic rings. The van der Waals surface area contributed by atoms with Crippen molar-refractivity contribution in [2.75, 3.05) is 0 Å². The summed E-state index contributed by atoms with van der Waals surface area (Å²) in [6.45, 7) is 5.00. The van der Waals surface area contributed by atoms with Crippen molar-refractivity contribution < 1.29 is 22.4 Å². The summed E-state index contributed by atoms with van der Waals surface area (Å²) in [5.74, 6) is 0. The second-order valence-electron chi connectivity index (χ2n) is 0. The second kappa shape index (κ2) is 24.9. The molecule has 0 heterocycles. The van der Waals surface area contributed by atoms with Gasteiger partial charge >= 0.3 is 22.4 Å². The maximum absolute atomic E-state index is 3.25. The van der Waals surface area contributed by atoms with E-state index in [9.17, 15) is 0 Å². The molecule has 0 saturated heterocycles.